The molecular weight excluding hydrogens is 204 g/mol. The summed E-state index contributed by atoms with van der Waals surface area (Å²) in [4.78, 5) is 0. The van der Waals surface area contributed by atoms with E-state index in [1.165, 1.54) is 0 Å². The van der Waals surface area contributed by atoms with E-state index in [0.29, 0.717) is 26.2 Å². The highest BCUT2D eigenvalue weighted by atomic mass is 35.7. The minimum Gasteiger partial charge on any atom is -0.376 e. The van der Waals surface area contributed by atoms with E-state index in [1.54, 1.807) is 0 Å². The molecule has 6 heteroatoms. The van der Waals surface area contributed by atoms with E-state index in [1.807, 2.05) is 0 Å². The monoisotopic (exact) mass is 214 g/mol. The molecule has 0 aromatic heterocycles. The van der Waals surface area contributed by atoms with Crippen LogP contribution in [0.3, 0.4) is 0 Å². The topological polar surface area (TPSA) is 52.6 Å². The molecule has 1 saturated heterocycles. The summed E-state index contributed by atoms with van der Waals surface area (Å²) in [7, 11) is 1.64. The fourth-order valence-electron chi connectivity index (χ4n) is 0.792. The van der Waals surface area contributed by atoms with Crippen molar-refractivity contribution in [1.82, 2.24) is 0 Å². The van der Waals surface area contributed by atoms with Gasteiger partial charge < -0.3 is 9.47 Å². The second-order valence-corrected chi connectivity index (χ2v) is 5.52. The summed E-state index contributed by atoms with van der Waals surface area (Å²) in [5.74, 6) is -0.0257. The molecule has 12 heavy (non-hydrogen) atoms. The van der Waals surface area contributed by atoms with Crippen molar-refractivity contribution < 1.29 is 17.9 Å². The van der Waals surface area contributed by atoms with Crippen LogP contribution < -0.4 is 0 Å². The molecule has 0 aromatic carbocycles. The van der Waals surface area contributed by atoms with E-state index >= 15 is 0 Å². The summed E-state index contributed by atoms with van der Waals surface area (Å²) >= 11 is 0. The van der Waals surface area contributed by atoms with Crippen molar-refractivity contribution in [2.45, 2.75) is 12.5 Å². The molecule has 1 aliphatic rings. The van der Waals surface area contributed by atoms with E-state index in [9.17, 15) is 8.42 Å². The predicted octanol–water partition coefficient (Wildman–Crippen LogP) is 0.361. The second kappa shape index (κ2) is 4.41. The zero-order chi connectivity index (χ0) is 9.03. The lowest BCUT2D eigenvalue weighted by Crippen LogP contribution is -2.36. The van der Waals surface area contributed by atoms with Gasteiger partial charge in [-0.3, -0.25) is 0 Å². The van der Waals surface area contributed by atoms with Gasteiger partial charge >= 0.3 is 0 Å². The van der Waals surface area contributed by atoms with Gasteiger partial charge in [0.2, 0.25) is 9.05 Å². The first kappa shape index (κ1) is 10.2. The van der Waals surface area contributed by atoms with E-state index in [2.05, 4.69) is 0 Å². The minimum absolute atomic E-state index is 0.0257. The lowest BCUT2D eigenvalue weighted by atomic mass is 10.3. The Labute approximate surface area is 76.2 Å². The van der Waals surface area contributed by atoms with Crippen LogP contribution in [0.25, 0.3) is 0 Å². The second-order valence-electron chi connectivity index (χ2n) is 2.63. The molecule has 0 spiro atoms. The standard InChI is InChI=1S/C6H11ClO4S/c7-12(8,9)3-1-2-11-6-4-10-5-6/h6H,1-5H2. The van der Waals surface area contributed by atoms with Gasteiger partial charge in [-0.25, -0.2) is 8.42 Å². The van der Waals surface area contributed by atoms with Crippen LogP contribution in [0.4, 0.5) is 0 Å². The van der Waals surface area contributed by atoms with Gasteiger partial charge in [-0.2, -0.15) is 0 Å². The zero-order valence-electron chi connectivity index (χ0n) is 6.53. The quantitative estimate of drug-likeness (QED) is 0.490. The van der Waals surface area contributed by atoms with Crippen molar-refractivity contribution in [3.63, 3.8) is 0 Å². The Balaban J connectivity index is 1.95. The molecule has 1 aliphatic heterocycles. The molecule has 0 radical (unpaired) electrons. The van der Waals surface area contributed by atoms with Crippen molar-refractivity contribution in [2.24, 2.45) is 0 Å². The Bertz CT molecular complexity index is 222. The highest BCUT2D eigenvalue weighted by Gasteiger charge is 2.18. The molecule has 0 amide bonds. The van der Waals surface area contributed by atoms with Crippen molar-refractivity contribution in [1.29, 1.82) is 0 Å². The van der Waals surface area contributed by atoms with Crippen LogP contribution in [0.1, 0.15) is 6.42 Å². The molecule has 0 saturated carbocycles. The van der Waals surface area contributed by atoms with Crippen molar-refractivity contribution in [3.8, 4) is 0 Å². The summed E-state index contributed by atoms with van der Waals surface area (Å²) in [5, 5.41) is 0. The maximum atomic E-state index is 10.4. The van der Waals surface area contributed by atoms with E-state index in [0.717, 1.165) is 0 Å². The van der Waals surface area contributed by atoms with Crippen molar-refractivity contribution in [3.05, 3.63) is 0 Å². The Morgan fingerprint density at radius 2 is 2.17 bits per heavy atom. The van der Waals surface area contributed by atoms with Crippen LogP contribution in [0.15, 0.2) is 0 Å². The highest BCUT2D eigenvalue weighted by molar-refractivity contribution is 8.13. The van der Waals surface area contributed by atoms with Gasteiger partial charge in [0.25, 0.3) is 0 Å². The van der Waals surface area contributed by atoms with Gasteiger partial charge in [0.05, 0.1) is 19.0 Å². The number of hydrogen-bond donors (Lipinski definition) is 0. The molecule has 0 aliphatic carbocycles. The van der Waals surface area contributed by atoms with Crippen LogP contribution in [-0.4, -0.2) is 40.1 Å². The lowest BCUT2D eigenvalue weighted by Gasteiger charge is -2.25. The highest BCUT2D eigenvalue weighted by Crippen LogP contribution is 2.06. The molecule has 0 N–H and O–H groups in total. The first-order valence-corrected chi connectivity index (χ1v) is 6.17. The predicted molar refractivity (Wildman–Crippen MR) is 44.8 cm³/mol. The number of hydrogen-bond acceptors (Lipinski definition) is 4. The molecule has 1 heterocycles. The molecule has 0 aromatic rings. The molecule has 1 fully saturated rings. The first-order valence-electron chi connectivity index (χ1n) is 3.69. The third-order valence-electron chi connectivity index (χ3n) is 1.49. The Morgan fingerprint density at radius 1 is 1.50 bits per heavy atom. The van der Waals surface area contributed by atoms with Crippen LogP contribution in [0.5, 0.6) is 0 Å². The number of rotatable bonds is 5. The van der Waals surface area contributed by atoms with Gasteiger partial charge in [-0.1, -0.05) is 0 Å². The van der Waals surface area contributed by atoms with E-state index in [-0.39, 0.29) is 11.9 Å². The van der Waals surface area contributed by atoms with Gasteiger partial charge in [-0.15, -0.1) is 0 Å². The lowest BCUT2D eigenvalue weighted by molar-refractivity contribution is -0.129. The summed E-state index contributed by atoms with van der Waals surface area (Å²) in [5.41, 5.74) is 0. The molecule has 72 valence electrons. The van der Waals surface area contributed by atoms with Crippen LogP contribution in [0, 0.1) is 0 Å². The van der Waals surface area contributed by atoms with Crippen LogP contribution in [0.2, 0.25) is 0 Å². The van der Waals surface area contributed by atoms with Crippen molar-refractivity contribution >= 4 is 19.7 Å². The third kappa shape index (κ3) is 4.25. The van der Waals surface area contributed by atoms with Gasteiger partial charge in [-0.05, 0) is 6.42 Å². The fourth-order valence-corrected chi connectivity index (χ4v) is 1.58. The summed E-state index contributed by atoms with van der Waals surface area (Å²) < 4.78 is 31.0. The summed E-state index contributed by atoms with van der Waals surface area (Å²) in [6.45, 7) is 1.67. The van der Waals surface area contributed by atoms with Gasteiger partial charge in [0.15, 0.2) is 0 Å². The SMILES string of the molecule is O=S(=O)(Cl)CCCOC1COC1. The van der Waals surface area contributed by atoms with E-state index in [4.69, 9.17) is 20.2 Å². The average molecular weight is 215 g/mol. The van der Waals surface area contributed by atoms with Crippen LogP contribution in [-0.2, 0) is 18.5 Å². The molecule has 0 atom stereocenters. The minimum atomic E-state index is -3.35. The normalized spacial score (nSPS) is 19.1. The summed E-state index contributed by atoms with van der Waals surface area (Å²) in [6, 6.07) is 0. The molecular formula is C6H11ClO4S. The Hall–Kier alpha value is 0.160. The van der Waals surface area contributed by atoms with Gasteiger partial charge in [0, 0.05) is 17.3 Å². The third-order valence-corrected chi connectivity index (χ3v) is 2.73. The zero-order valence-corrected chi connectivity index (χ0v) is 8.10. The van der Waals surface area contributed by atoms with E-state index < -0.39 is 9.05 Å². The first-order chi connectivity index (χ1) is 5.58. The molecule has 4 nitrogen and oxygen atoms in total. The van der Waals surface area contributed by atoms with Crippen LogP contribution >= 0.6 is 10.7 Å². The number of halogens is 1. The largest absolute Gasteiger partial charge is 0.376 e. The molecule has 0 bridgehead atoms. The van der Waals surface area contributed by atoms with Crippen molar-refractivity contribution in [2.75, 3.05) is 25.6 Å². The smallest absolute Gasteiger partial charge is 0.232 e. The molecule has 0 unspecified atom stereocenters. The Kier molecular flexibility index (Phi) is 3.77. The number of ether oxygens (including phenoxy) is 2. The Morgan fingerprint density at radius 3 is 2.58 bits per heavy atom. The fraction of sp³-hybridized carbons (Fsp3) is 1.00. The van der Waals surface area contributed by atoms with Gasteiger partial charge in [0.1, 0.15) is 6.10 Å². The maximum absolute atomic E-state index is 10.4. The summed E-state index contributed by atoms with van der Waals surface area (Å²) in [6.07, 6.45) is 0.602. The average Bonchev–Trinajstić information content (AvgIpc) is 1.80. The molecule has 1 rings (SSSR count). The maximum Gasteiger partial charge on any atom is 0.232 e.